The van der Waals surface area contributed by atoms with Crippen molar-refractivity contribution in [3.8, 4) is 11.5 Å². The van der Waals surface area contributed by atoms with E-state index in [0.717, 1.165) is 54.7 Å². The van der Waals surface area contributed by atoms with Gasteiger partial charge in [0, 0.05) is 11.8 Å². The Bertz CT molecular complexity index is 694. The lowest BCUT2D eigenvalue weighted by Gasteiger charge is -2.19. The summed E-state index contributed by atoms with van der Waals surface area (Å²) in [7, 11) is 0. The lowest BCUT2D eigenvalue weighted by molar-refractivity contribution is 0.285. The zero-order valence-electron chi connectivity index (χ0n) is 14.5. The molecule has 132 valence electrons. The van der Waals surface area contributed by atoms with Gasteiger partial charge in [-0.3, -0.25) is 0 Å². The second kappa shape index (κ2) is 8.15. The highest BCUT2D eigenvalue weighted by Gasteiger charge is 2.19. The minimum atomic E-state index is 0.605. The molecule has 1 N–H and O–H groups in total. The predicted molar refractivity (Wildman–Crippen MR) is 103 cm³/mol. The molecule has 4 heteroatoms. The van der Waals surface area contributed by atoms with Crippen molar-refractivity contribution >= 4 is 11.8 Å². The van der Waals surface area contributed by atoms with Crippen LogP contribution in [0.2, 0.25) is 0 Å². The van der Waals surface area contributed by atoms with Gasteiger partial charge in [-0.15, -0.1) is 11.8 Å². The summed E-state index contributed by atoms with van der Waals surface area (Å²) in [5.74, 6) is 2.94. The molecule has 1 heterocycles. The van der Waals surface area contributed by atoms with Crippen molar-refractivity contribution < 1.29 is 9.47 Å². The summed E-state index contributed by atoms with van der Waals surface area (Å²) in [5, 5.41) is 3.70. The Kier molecular flexibility index (Phi) is 5.48. The first-order valence-corrected chi connectivity index (χ1v) is 10.2. The molecule has 25 heavy (non-hydrogen) atoms. The van der Waals surface area contributed by atoms with E-state index in [1.165, 1.54) is 24.0 Å². The standard InChI is InChI=1S/C21H25NO2S/c1-2-7-17-15-18(14-16(17)6-1)22-10-3-4-11-23-19-8-5-9-20-21(19)25-13-12-24-20/h1-2,5-9,18,22H,3-4,10-15H2. The molecule has 2 aromatic rings. The van der Waals surface area contributed by atoms with E-state index < -0.39 is 0 Å². The van der Waals surface area contributed by atoms with E-state index in [1.807, 2.05) is 23.9 Å². The monoisotopic (exact) mass is 355 g/mol. The average Bonchev–Trinajstić information content (AvgIpc) is 3.07. The fourth-order valence-corrected chi connectivity index (χ4v) is 4.49. The van der Waals surface area contributed by atoms with Gasteiger partial charge < -0.3 is 14.8 Å². The summed E-state index contributed by atoms with van der Waals surface area (Å²) >= 11 is 1.83. The number of benzene rings is 2. The second-order valence-corrected chi connectivity index (χ2v) is 7.77. The number of ether oxygens (including phenoxy) is 2. The molecule has 4 rings (SSSR count). The first-order chi connectivity index (χ1) is 12.4. The normalized spacial score (nSPS) is 16.2. The molecule has 0 fully saturated rings. The van der Waals surface area contributed by atoms with Gasteiger partial charge in [-0.1, -0.05) is 30.3 Å². The predicted octanol–water partition coefficient (Wildman–Crippen LogP) is 4.09. The van der Waals surface area contributed by atoms with Gasteiger partial charge in [0.1, 0.15) is 11.5 Å². The third kappa shape index (κ3) is 4.13. The fourth-order valence-electron chi connectivity index (χ4n) is 3.58. The zero-order chi connectivity index (χ0) is 16.9. The topological polar surface area (TPSA) is 30.5 Å². The summed E-state index contributed by atoms with van der Waals surface area (Å²) in [6.45, 7) is 2.62. The van der Waals surface area contributed by atoms with Gasteiger partial charge in [-0.25, -0.2) is 0 Å². The molecule has 0 radical (unpaired) electrons. The third-order valence-corrected chi connectivity index (χ3v) is 5.90. The minimum Gasteiger partial charge on any atom is -0.492 e. The highest BCUT2D eigenvalue weighted by atomic mass is 32.2. The largest absolute Gasteiger partial charge is 0.492 e. The first kappa shape index (κ1) is 16.8. The number of unbranched alkanes of at least 4 members (excludes halogenated alkanes) is 1. The van der Waals surface area contributed by atoms with Crippen molar-refractivity contribution in [2.75, 3.05) is 25.5 Å². The molecular formula is C21H25NO2S. The van der Waals surface area contributed by atoms with Crippen LogP contribution in [0.5, 0.6) is 11.5 Å². The van der Waals surface area contributed by atoms with E-state index >= 15 is 0 Å². The molecule has 0 saturated heterocycles. The van der Waals surface area contributed by atoms with Crippen LogP contribution in [-0.2, 0) is 12.8 Å². The molecule has 0 aromatic heterocycles. The van der Waals surface area contributed by atoms with Gasteiger partial charge in [-0.2, -0.15) is 0 Å². The lowest BCUT2D eigenvalue weighted by atomic mass is 10.1. The van der Waals surface area contributed by atoms with Crippen LogP contribution in [0.3, 0.4) is 0 Å². The number of hydrogen-bond acceptors (Lipinski definition) is 4. The van der Waals surface area contributed by atoms with Gasteiger partial charge in [0.15, 0.2) is 0 Å². The van der Waals surface area contributed by atoms with E-state index in [-0.39, 0.29) is 0 Å². The van der Waals surface area contributed by atoms with Crippen molar-refractivity contribution in [3.05, 3.63) is 53.6 Å². The maximum Gasteiger partial charge on any atom is 0.136 e. The molecule has 2 aliphatic rings. The van der Waals surface area contributed by atoms with E-state index in [0.29, 0.717) is 6.04 Å². The number of fused-ring (bicyclic) bond motifs is 2. The Morgan fingerprint density at radius 3 is 2.72 bits per heavy atom. The van der Waals surface area contributed by atoms with Gasteiger partial charge in [0.05, 0.1) is 18.1 Å². The maximum atomic E-state index is 6.00. The van der Waals surface area contributed by atoms with Crippen LogP contribution in [0, 0.1) is 0 Å². The minimum absolute atomic E-state index is 0.605. The molecule has 0 bridgehead atoms. The lowest BCUT2D eigenvalue weighted by Crippen LogP contribution is -2.30. The highest BCUT2D eigenvalue weighted by Crippen LogP contribution is 2.40. The number of thioether (sulfide) groups is 1. The molecule has 2 aromatic carbocycles. The van der Waals surface area contributed by atoms with Crippen LogP contribution in [0.1, 0.15) is 24.0 Å². The van der Waals surface area contributed by atoms with E-state index in [1.54, 1.807) is 0 Å². The Balaban J connectivity index is 1.15. The third-order valence-electron chi connectivity index (χ3n) is 4.84. The fraction of sp³-hybridized carbons (Fsp3) is 0.429. The molecule has 1 aliphatic carbocycles. The number of rotatable bonds is 7. The Morgan fingerprint density at radius 2 is 1.88 bits per heavy atom. The summed E-state index contributed by atoms with van der Waals surface area (Å²) in [5.41, 5.74) is 3.02. The molecule has 0 unspecified atom stereocenters. The van der Waals surface area contributed by atoms with Gasteiger partial charge in [0.25, 0.3) is 0 Å². The van der Waals surface area contributed by atoms with E-state index in [9.17, 15) is 0 Å². The Labute approximate surface area is 154 Å². The van der Waals surface area contributed by atoms with Crippen LogP contribution >= 0.6 is 11.8 Å². The number of hydrogen-bond donors (Lipinski definition) is 1. The Hall–Kier alpha value is -1.65. The summed E-state index contributed by atoms with van der Waals surface area (Å²) in [4.78, 5) is 1.16. The van der Waals surface area contributed by atoms with Crippen molar-refractivity contribution in [3.63, 3.8) is 0 Å². The molecular weight excluding hydrogens is 330 g/mol. The van der Waals surface area contributed by atoms with Gasteiger partial charge in [-0.05, 0) is 55.5 Å². The molecule has 0 saturated carbocycles. The molecule has 0 atom stereocenters. The van der Waals surface area contributed by atoms with E-state index in [2.05, 4.69) is 35.6 Å². The molecule has 0 amide bonds. The SMILES string of the molecule is c1ccc2c(c1)CC(NCCCCOc1cccc3c1SCCO3)C2. The van der Waals surface area contributed by atoms with Gasteiger partial charge in [0.2, 0.25) is 0 Å². The van der Waals surface area contributed by atoms with E-state index in [4.69, 9.17) is 9.47 Å². The van der Waals surface area contributed by atoms with Crippen LogP contribution in [0.25, 0.3) is 0 Å². The van der Waals surface area contributed by atoms with Crippen molar-refractivity contribution in [2.24, 2.45) is 0 Å². The van der Waals surface area contributed by atoms with Crippen LogP contribution in [0.15, 0.2) is 47.4 Å². The summed E-state index contributed by atoms with van der Waals surface area (Å²) in [6.07, 6.45) is 4.55. The van der Waals surface area contributed by atoms with Crippen LogP contribution < -0.4 is 14.8 Å². The summed E-state index contributed by atoms with van der Waals surface area (Å²) < 4.78 is 11.7. The van der Waals surface area contributed by atoms with Crippen molar-refractivity contribution in [2.45, 2.75) is 36.6 Å². The smallest absolute Gasteiger partial charge is 0.136 e. The molecule has 1 aliphatic heterocycles. The summed E-state index contributed by atoms with van der Waals surface area (Å²) in [6, 6.07) is 15.5. The molecule has 3 nitrogen and oxygen atoms in total. The average molecular weight is 356 g/mol. The van der Waals surface area contributed by atoms with Gasteiger partial charge >= 0.3 is 0 Å². The van der Waals surface area contributed by atoms with Crippen molar-refractivity contribution in [1.29, 1.82) is 0 Å². The Morgan fingerprint density at radius 1 is 1.04 bits per heavy atom. The van der Waals surface area contributed by atoms with Crippen LogP contribution in [-0.4, -0.2) is 31.6 Å². The zero-order valence-corrected chi connectivity index (χ0v) is 15.3. The molecule has 0 spiro atoms. The van der Waals surface area contributed by atoms with Crippen LogP contribution in [0.4, 0.5) is 0 Å². The number of nitrogens with one attached hydrogen (secondary N) is 1. The highest BCUT2D eigenvalue weighted by molar-refractivity contribution is 7.99. The maximum absolute atomic E-state index is 6.00. The second-order valence-electron chi connectivity index (χ2n) is 6.66. The quantitative estimate of drug-likeness (QED) is 0.758. The first-order valence-electron chi connectivity index (χ1n) is 9.22. The van der Waals surface area contributed by atoms with Crippen molar-refractivity contribution in [1.82, 2.24) is 5.32 Å².